The van der Waals surface area contributed by atoms with Gasteiger partial charge in [-0.15, -0.1) is 0 Å². The number of fused-ring (bicyclic) bond motifs is 2. The van der Waals surface area contributed by atoms with Crippen LogP contribution in [0.1, 0.15) is 37.5 Å². The highest BCUT2D eigenvalue weighted by molar-refractivity contribution is 6.06. The number of carbonyl (C=O) groups excluding carboxylic acids is 2. The van der Waals surface area contributed by atoms with Gasteiger partial charge in [-0.2, -0.15) is 0 Å². The van der Waals surface area contributed by atoms with Gasteiger partial charge in [-0.05, 0) is 60.5 Å². The van der Waals surface area contributed by atoms with E-state index >= 15 is 0 Å². The molecule has 0 saturated carbocycles. The predicted octanol–water partition coefficient (Wildman–Crippen LogP) is 5.26. The van der Waals surface area contributed by atoms with Gasteiger partial charge < -0.3 is 14.6 Å². The zero-order valence-electron chi connectivity index (χ0n) is 19.6. The number of carbonyl (C=O) groups is 2. The van der Waals surface area contributed by atoms with Gasteiger partial charge in [-0.25, -0.2) is 4.79 Å². The van der Waals surface area contributed by atoms with Gasteiger partial charge in [0.1, 0.15) is 0 Å². The fourth-order valence-electron chi connectivity index (χ4n) is 4.33. The van der Waals surface area contributed by atoms with E-state index in [9.17, 15) is 9.59 Å². The number of ether oxygens (including phenoxy) is 1. The molecular formula is C29H25N3O3. The Bertz CT molecular complexity index is 1550. The zero-order valence-corrected chi connectivity index (χ0v) is 19.6. The maximum absolute atomic E-state index is 13.3. The van der Waals surface area contributed by atoms with Crippen LogP contribution in [0.15, 0.2) is 85.1 Å². The summed E-state index contributed by atoms with van der Waals surface area (Å²) < 4.78 is 6.81. The molecule has 5 rings (SSSR count). The fraction of sp³-hybridized carbons (Fsp3) is 0.138. The molecule has 2 heterocycles. The number of methoxy groups -OCH3 is 1. The Balaban J connectivity index is 1.40. The number of nitrogens with zero attached hydrogens (tertiary/aromatic N) is 2. The summed E-state index contributed by atoms with van der Waals surface area (Å²) in [4.78, 5) is 29.7. The molecule has 1 N–H and O–H groups in total. The molecule has 174 valence electrons. The number of rotatable bonds is 6. The van der Waals surface area contributed by atoms with Crippen LogP contribution >= 0.6 is 0 Å². The highest BCUT2D eigenvalue weighted by Gasteiger charge is 2.15. The van der Waals surface area contributed by atoms with Crippen molar-refractivity contribution in [1.29, 1.82) is 0 Å². The summed E-state index contributed by atoms with van der Waals surface area (Å²) in [6.45, 7) is 2.90. The Morgan fingerprint density at radius 3 is 2.54 bits per heavy atom. The van der Waals surface area contributed by atoms with E-state index in [1.807, 2.05) is 67.7 Å². The quantitative estimate of drug-likeness (QED) is 0.349. The average Bonchev–Trinajstić information content (AvgIpc) is 3.28. The van der Waals surface area contributed by atoms with Crippen molar-refractivity contribution in [1.82, 2.24) is 14.9 Å². The van der Waals surface area contributed by atoms with E-state index in [0.29, 0.717) is 24.2 Å². The van der Waals surface area contributed by atoms with Crippen LogP contribution in [0.4, 0.5) is 0 Å². The van der Waals surface area contributed by atoms with Gasteiger partial charge in [-0.1, -0.05) is 36.4 Å². The second-order valence-electron chi connectivity index (χ2n) is 8.56. The maximum atomic E-state index is 13.3. The van der Waals surface area contributed by atoms with Crippen LogP contribution in [0.25, 0.3) is 21.8 Å². The van der Waals surface area contributed by atoms with E-state index < -0.39 is 0 Å². The number of nitrogens with one attached hydrogen (secondary N) is 1. The minimum Gasteiger partial charge on any atom is -0.465 e. The third-order valence-corrected chi connectivity index (χ3v) is 6.07. The van der Waals surface area contributed by atoms with Crippen LogP contribution in [0, 0.1) is 6.92 Å². The van der Waals surface area contributed by atoms with Crippen molar-refractivity contribution in [3.63, 3.8) is 0 Å². The topological polar surface area (TPSA) is 73.2 Å². The Kier molecular flexibility index (Phi) is 6.02. The highest BCUT2D eigenvalue weighted by Crippen LogP contribution is 2.24. The third-order valence-electron chi connectivity index (χ3n) is 6.07. The monoisotopic (exact) mass is 463 g/mol. The first-order valence-electron chi connectivity index (χ1n) is 11.4. The van der Waals surface area contributed by atoms with Gasteiger partial charge in [0.25, 0.3) is 5.91 Å². The summed E-state index contributed by atoms with van der Waals surface area (Å²) in [5.74, 6) is -0.536. The lowest BCUT2D eigenvalue weighted by Gasteiger charge is -2.12. The van der Waals surface area contributed by atoms with Crippen molar-refractivity contribution < 1.29 is 14.3 Å². The van der Waals surface area contributed by atoms with Crippen molar-refractivity contribution in [2.45, 2.75) is 20.0 Å². The number of benzene rings is 3. The standard InChI is InChI=1S/C29H25N3O3/c1-19-15-23-13-14-32(18-24-12-11-21-5-3-4-6-26(21)31-24)27(23)25(16-19)28(33)30-17-20-7-9-22(10-8-20)29(34)35-2/h3-16H,17-18H2,1-2H3,(H,30,33). The van der Waals surface area contributed by atoms with Gasteiger partial charge in [0.15, 0.2) is 0 Å². The number of aromatic nitrogens is 2. The molecule has 0 fully saturated rings. The molecule has 0 unspecified atom stereocenters. The van der Waals surface area contributed by atoms with Crippen LogP contribution in [-0.2, 0) is 17.8 Å². The van der Waals surface area contributed by atoms with Crippen molar-refractivity contribution >= 4 is 33.7 Å². The normalized spacial score (nSPS) is 11.0. The summed E-state index contributed by atoms with van der Waals surface area (Å²) in [6.07, 6.45) is 2.00. The van der Waals surface area contributed by atoms with E-state index in [-0.39, 0.29) is 11.9 Å². The lowest BCUT2D eigenvalue weighted by atomic mass is 10.1. The first-order valence-corrected chi connectivity index (χ1v) is 11.4. The summed E-state index contributed by atoms with van der Waals surface area (Å²) >= 11 is 0. The second kappa shape index (κ2) is 9.43. The van der Waals surface area contributed by atoms with Crippen LogP contribution in [-0.4, -0.2) is 28.5 Å². The highest BCUT2D eigenvalue weighted by atomic mass is 16.5. The van der Waals surface area contributed by atoms with Crippen LogP contribution in [0.5, 0.6) is 0 Å². The smallest absolute Gasteiger partial charge is 0.337 e. The Morgan fingerprint density at radius 2 is 1.74 bits per heavy atom. The minimum absolute atomic E-state index is 0.151. The Hall–Kier alpha value is -4.45. The maximum Gasteiger partial charge on any atom is 0.337 e. The fourth-order valence-corrected chi connectivity index (χ4v) is 4.33. The number of aryl methyl sites for hydroxylation is 1. The van der Waals surface area contributed by atoms with Gasteiger partial charge in [0.2, 0.25) is 0 Å². The second-order valence-corrected chi connectivity index (χ2v) is 8.56. The molecule has 1 amide bonds. The molecule has 5 aromatic rings. The van der Waals surface area contributed by atoms with Gasteiger partial charge in [0, 0.05) is 23.5 Å². The van der Waals surface area contributed by atoms with Crippen LogP contribution in [0.3, 0.4) is 0 Å². The largest absolute Gasteiger partial charge is 0.465 e. The minimum atomic E-state index is -0.385. The molecule has 0 aliphatic heterocycles. The van der Waals surface area contributed by atoms with Crippen molar-refractivity contribution in [3.05, 3.63) is 113 Å². The summed E-state index contributed by atoms with van der Waals surface area (Å²) in [5.41, 5.74) is 5.77. The van der Waals surface area contributed by atoms with Crippen LogP contribution in [0.2, 0.25) is 0 Å². The third kappa shape index (κ3) is 4.64. The molecule has 2 aromatic heterocycles. The molecule has 6 nitrogen and oxygen atoms in total. The van der Waals surface area contributed by atoms with Crippen LogP contribution < -0.4 is 5.32 Å². The predicted molar refractivity (Wildman–Crippen MR) is 136 cm³/mol. The number of hydrogen-bond donors (Lipinski definition) is 1. The molecule has 0 spiro atoms. The molecule has 0 atom stereocenters. The van der Waals surface area contributed by atoms with E-state index in [2.05, 4.69) is 22.0 Å². The van der Waals surface area contributed by atoms with E-state index in [0.717, 1.165) is 38.6 Å². The van der Waals surface area contributed by atoms with E-state index in [4.69, 9.17) is 9.72 Å². The van der Waals surface area contributed by atoms with E-state index in [1.165, 1.54) is 7.11 Å². The summed E-state index contributed by atoms with van der Waals surface area (Å²) in [7, 11) is 1.35. The molecule has 0 aliphatic rings. The lowest BCUT2D eigenvalue weighted by molar-refractivity contribution is 0.0600. The van der Waals surface area contributed by atoms with Crippen molar-refractivity contribution in [2.24, 2.45) is 0 Å². The van der Waals surface area contributed by atoms with Crippen molar-refractivity contribution in [3.8, 4) is 0 Å². The van der Waals surface area contributed by atoms with Gasteiger partial charge >= 0.3 is 5.97 Å². The summed E-state index contributed by atoms with van der Waals surface area (Å²) in [5, 5.41) is 5.13. The van der Waals surface area contributed by atoms with Gasteiger partial charge in [0.05, 0.1) is 41.5 Å². The SMILES string of the molecule is COC(=O)c1ccc(CNC(=O)c2cc(C)cc3ccn(Cc4ccc5ccccc5n4)c23)cc1. The first kappa shape index (κ1) is 22.3. The Morgan fingerprint density at radius 1 is 0.943 bits per heavy atom. The van der Waals surface area contributed by atoms with E-state index in [1.54, 1.807) is 12.1 Å². The number of amides is 1. The number of hydrogen-bond acceptors (Lipinski definition) is 4. The molecule has 6 heteroatoms. The summed E-state index contributed by atoms with van der Waals surface area (Å²) in [6, 6.07) is 25.2. The molecule has 0 aliphatic carbocycles. The Labute approximate surface area is 203 Å². The first-order chi connectivity index (χ1) is 17.0. The van der Waals surface area contributed by atoms with Gasteiger partial charge in [-0.3, -0.25) is 9.78 Å². The van der Waals surface area contributed by atoms with Crippen molar-refractivity contribution in [2.75, 3.05) is 7.11 Å². The molecule has 0 radical (unpaired) electrons. The number of pyridine rings is 1. The average molecular weight is 464 g/mol. The number of para-hydroxylation sites is 1. The molecule has 35 heavy (non-hydrogen) atoms. The number of esters is 1. The lowest BCUT2D eigenvalue weighted by Crippen LogP contribution is -2.23. The molecular weight excluding hydrogens is 438 g/mol. The molecule has 0 bridgehead atoms. The molecule has 0 saturated heterocycles. The molecule has 3 aromatic carbocycles. The zero-order chi connectivity index (χ0) is 24.4.